The van der Waals surface area contributed by atoms with E-state index in [9.17, 15) is 4.79 Å². The summed E-state index contributed by atoms with van der Waals surface area (Å²) in [6.07, 6.45) is 0.703. The van der Waals surface area contributed by atoms with E-state index in [1.54, 1.807) is 31.4 Å². The number of hydrogen-bond donors (Lipinski definition) is 1. The minimum atomic E-state index is -0.555. The van der Waals surface area contributed by atoms with E-state index >= 15 is 0 Å². The predicted octanol–water partition coefficient (Wildman–Crippen LogP) is 0.894. The number of methoxy groups -OCH3 is 1. The van der Waals surface area contributed by atoms with Gasteiger partial charge in [0.1, 0.15) is 12.0 Å². The Bertz CT molecular complexity index is 273. The fourth-order valence-electron chi connectivity index (χ4n) is 0.927. The van der Waals surface area contributed by atoms with Crippen LogP contribution in [0.15, 0.2) is 24.3 Å². The Morgan fingerprint density at radius 3 is 2.92 bits per heavy atom. The van der Waals surface area contributed by atoms with Crippen LogP contribution in [0.5, 0.6) is 5.75 Å². The van der Waals surface area contributed by atoms with E-state index in [0.29, 0.717) is 12.0 Å². The molecule has 0 saturated carbocycles. The second-order valence-corrected chi connectivity index (χ2v) is 2.44. The number of carbonyl (C=O) groups excluding carboxylic acids is 1. The Hall–Kier alpha value is -1.35. The van der Waals surface area contributed by atoms with E-state index in [2.05, 4.69) is 0 Å². The van der Waals surface area contributed by atoms with Crippen molar-refractivity contribution in [2.45, 2.75) is 6.04 Å². The van der Waals surface area contributed by atoms with Crippen molar-refractivity contribution in [3.8, 4) is 5.75 Å². The first-order chi connectivity index (χ1) is 5.77. The van der Waals surface area contributed by atoms with Crippen LogP contribution in [-0.4, -0.2) is 13.4 Å². The van der Waals surface area contributed by atoms with Crippen molar-refractivity contribution in [1.82, 2.24) is 0 Å². The first kappa shape index (κ1) is 8.74. The third-order valence-corrected chi connectivity index (χ3v) is 1.63. The van der Waals surface area contributed by atoms with Gasteiger partial charge in [-0.2, -0.15) is 0 Å². The van der Waals surface area contributed by atoms with Crippen LogP contribution in [0.3, 0.4) is 0 Å². The Morgan fingerprint density at radius 1 is 1.58 bits per heavy atom. The molecule has 1 atom stereocenters. The third-order valence-electron chi connectivity index (χ3n) is 1.63. The Labute approximate surface area is 71.1 Å². The highest BCUT2D eigenvalue weighted by atomic mass is 16.5. The summed E-state index contributed by atoms with van der Waals surface area (Å²) < 4.78 is 4.98. The first-order valence-electron chi connectivity index (χ1n) is 3.62. The molecule has 0 unspecified atom stereocenters. The minimum Gasteiger partial charge on any atom is -0.497 e. The van der Waals surface area contributed by atoms with Gasteiger partial charge < -0.3 is 15.3 Å². The zero-order valence-electron chi connectivity index (χ0n) is 6.86. The summed E-state index contributed by atoms with van der Waals surface area (Å²) in [5.41, 5.74) is 6.26. The van der Waals surface area contributed by atoms with Crippen LogP contribution in [0.2, 0.25) is 0 Å². The molecule has 1 aromatic carbocycles. The average Bonchev–Trinajstić information content (AvgIpc) is 2.17. The van der Waals surface area contributed by atoms with E-state index in [0.717, 1.165) is 5.56 Å². The maximum atomic E-state index is 10.3. The second kappa shape index (κ2) is 3.88. The molecule has 2 N–H and O–H groups in total. The summed E-state index contributed by atoms with van der Waals surface area (Å²) in [6.45, 7) is 0. The van der Waals surface area contributed by atoms with Crippen LogP contribution in [0.25, 0.3) is 0 Å². The highest BCUT2D eigenvalue weighted by Gasteiger charge is 2.03. The molecule has 0 heterocycles. The topological polar surface area (TPSA) is 52.3 Å². The standard InChI is InChI=1S/C9H11NO2/c1-12-8-4-2-3-7(5-8)9(10)6-11/h2-6,9H,10H2,1H3/t9-/m1/s1. The molecule has 0 aliphatic heterocycles. The molecule has 0 saturated heterocycles. The quantitative estimate of drug-likeness (QED) is 0.677. The normalized spacial score (nSPS) is 12.2. The summed E-state index contributed by atoms with van der Waals surface area (Å²) in [6, 6.07) is 6.60. The van der Waals surface area contributed by atoms with E-state index in [1.165, 1.54) is 0 Å². The molecular weight excluding hydrogens is 154 g/mol. The maximum absolute atomic E-state index is 10.3. The van der Waals surface area contributed by atoms with Gasteiger partial charge in [0.25, 0.3) is 0 Å². The zero-order chi connectivity index (χ0) is 8.97. The lowest BCUT2D eigenvalue weighted by molar-refractivity contribution is -0.109. The number of nitrogens with two attached hydrogens (primary N) is 1. The monoisotopic (exact) mass is 165 g/mol. The maximum Gasteiger partial charge on any atom is 0.141 e. The lowest BCUT2D eigenvalue weighted by Crippen LogP contribution is -2.10. The van der Waals surface area contributed by atoms with Crippen LogP contribution in [-0.2, 0) is 4.79 Å². The van der Waals surface area contributed by atoms with Gasteiger partial charge in [0.2, 0.25) is 0 Å². The van der Waals surface area contributed by atoms with Crippen molar-refractivity contribution in [2.75, 3.05) is 7.11 Å². The molecule has 0 fully saturated rings. The van der Waals surface area contributed by atoms with E-state index < -0.39 is 6.04 Å². The average molecular weight is 165 g/mol. The van der Waals surface area contributed by atoms with Gasteiger partial charge in [-0.15, -0.1) is 0 Å². The summed E-state index contributed by atoms with van der Waals surface area (Å²) in [4.78, 5) is 10.3. The van der Waals surface area contributed by atoms with Crippen molar-refractivity contribution in [2.24, 2.45) is 5.73 Å². The SMILES string of the molecule is COc1cccc([C@H](N)C=O)c1. The molecule has 0 amide bonds. The van der Waals surface area contributed by atoms with Crippen molar-refractivity contribution >= 4 is 6.29 Å². The zero-order valence-corrected chi connectivity index (χ0v) is 6.86. The molecule has 3 nitrogen and oxygen atoms in total. The van der Waals surface area contributed by atoms with Gasteiger partial charge in [0.05, 0.1) is 13.2 Å². The number of benzene rings is 1. The van der Waals surface area contributed by atoms with Gasteiger partial charge in [-0.25, -0.2) is 0 Å². The molecule has 12 heavy (non-hydrogen) atoms. The van der Waals surface area contributed by atoms with Gasteiger partial charge in [0, 0.05) is 0 Å². The fourth-order valence-corrected chi connectivity index (χ4v) is 0.927. The van der Waals surface area contributed by atoms with Crippen LogP contribution < -0.4 is 10.5 Å². The largest absolute Gasteiger partial charge is 0.497 e. The first-order valence-corrected chi connectivity index (χ1v) is 3.62. The van der Waals surface area contributed by atoms with E-state index in [-0.39, 0.29) is 0 Å². The molecule has 64 valence electrons. The smallest absolute Gasteiger partial charge is 0.141 e. The Kier molecular flexibility index (Phi) is 2.82. The van der Waals surface area contributed by atoms with Crippen LogP contribution in [0.1, 0.15) is 11.6 Å². The minimum absolute atomic E-state index is 0.555. The van der Waals surface area contributed by atoms with Crippen molar-refractivity contribution in [3.05, 3.63) is 29.8 Å². The van der Waals surface area contributed by atoms with Crippen LogP contribution in [0, 0.1) is 0 Å². The summed E-state index contributed by atoms with van der Waals surface area (Å²) in [5.74, 6) is 0.713. The summed E-state index contributed by atoms with van der Waals surface area (Å²) in [5, 5.41) is 0. The van der Waals surface area contributed by atoms with Gasteiger partial charge in [-0.1, -0.05) is 12.1 Å². The molecule has 0 spiro atoms. The van der Waals surface area contributed by atoms with Crippen LogP contribution >= 0.6 is 0 Å². The molecule has 1 rings (SSSR count). The van der Waals surface area contributed by atoms with Crippen LogP contribution in [0.4, 0.5) is 0 Å². The molecule has 3 heteroatoms. The predicted molar refractivity (Wildman–Crippen MR) is 46.0 cm³/mol. The highest BCUT2D eigenvalue weighted by Crippen LogP contribution is 2.15. The molecular formula is C9H11NO2. The molecule has 0 radical (unpaired) electrons. The van der Waals surface area contributed by atoms with Gasteiger partial charge in [-0.3, -0.25) is 0 Å². The number of ether oxygens (including phenoxy) is 1. The van der Waals surface area contributed by atoms with Gasteiger partial charge >= 0.3 is 0 Å². The lowest BCUT2D eigenvalue weighted by atomic mass is 10.1. The van der Waals surface area contributed by atoms with E-state index in [1.807, 2.05) is 0 Å². The third kappa shape index (κ3) is 1.83. The van der Waals surface area contributed by atoms with Crippen molar-refractivity contribution in [3.63, 3.8) is 0 Å². The fraction of sp³-hybridized carbons (Fsp3) is 0.222. The highest BCUT2D eigenvalue weighted by molar-refractivity contribution is 5.61. The number of aldehydes is 1. The second-order valence-electron chi connectivity index (χ2n) is 2.44. The van der Waals surface area contributed by atoms with Crippen molar-refractivity contribution < 1.29 is 9.53 Å². The number of carbonyl (C=O) groups is 1. The summed E-state index contributed by atoms with van der Waals surface area (Å²) >= 11 is 0. The lowest BCUT2D eigenvalue weighted by Gasteiger charge is -2.05. The van der Waals surface area contributed by atoms with Crippen molar-refractivity contribution in [1.29, 1.82) is 0 Å². The van der Waals surface area contributed by atoms with Gasteiger partial charge in [-0.05, 0) is 17.7 Å². The molecule has 0 bridgehead atoms. The Balaban J connectivity index is 2.93. The van der Waals surface area contributed by atoms with E-state index in [4.69, 9.17) is 10.5 Å². The number of rotatable bonds is 3. The molecule has 0 aromatic heterocycles. The molecule has 1 aromatic rings. The molecule has 0 aliphatic rings. The van der Waals surface area contributed by atoms with Gasteiger partial charge in [0.15, 0.2) is 0 Å². The summed E-state index contributed by atoms with van der Waals surface area (Å²) in [7, 11) is 1.57. The number of hydrogen-bond acceptors (Lipinski definition) is 3. The molecule has 0 aliphatic carbocycles. The Morgan fingerprint density at radius 2 is 2.33 bits per heavy atom.